The average molecular weight is 393 g/mol. The maximum atomic E-state index is 6.33. The van der Waals surface area contributed by atoms with Gasteiger partial charge in [0.2, 0.25) is 0 Å². The number of benzene rings is 2. The Morgan fingerprint density at radius 3 is 2.85 bits per heavy atom. The highest BCUT2D eigenvalue weighted by Crippen LogP contribution is 2.35. The number of nitrogens with one attached hydrogen (secondary N) is 2. The third-order valence-electron chi connectivity index (χ3n) is 5.21. The van der Waals surface area contributed by atoms with Crippen molar-refractivity contribution in [1.82, 2.24) is 10.6 Å². The molecule has 3 nitrogen and oxygen atoms in total. The Morgan fingerprint density at radius 2 is 2.04 bits per heavy atom. The van der Waals surface area contributed by atoms with Gasteiger partial charge in [-0.25, -0.2) is 0 Å². The molecule has 0 bridgehead atoms. The Hall–Kier alpha value is -1.26. The maximum Gasteiger partial charge on any atom is 0.127 e. The van der Waals surface area contributed by atoms with E-state index in [1.807, 2.05) is 12.1 Å². The quantitative estimate of drug-likeness (QED) is 0.792. The van der Waals surface area contributed by atoms with Gasteiger partial charge in [-0.3, -0.25) is 0 Å². The van der Waals surface area contributed by atoms with Crippen LogP contribution >= 0.6 is 24.0 Å². The number of fused-ring (bicyclic) bond motifs is 1. The molecular weight excluding hydrogens is 367 g/mol. The molecule has 3 atom stereocenters. The third kappa shape index (κ3) is 4.17. The van der Waals surface area contributed by atoms with Gasteiger partial charge in [-0.05, 0) is 49.6 Å². The van der Waals surface area contributed by atoms with Gasteiger partial charge in [0.1, 0.15) is 11.9 Å². The average Bonchev–Trinajstić information content (AvgIpc) is 3.00. The van der Waals surface area contributed by atoms with Crippen LogP contribution in [0.4, 0.5) is 0 Å². The molecule has 2 aromatic carbocycles. The molecule has 1 saturated heterocycles. The summed E-state index contributed by atoms with van der Waals surface area (Å²) in [6, 6.07) is 15.6. The van der Waals surface area contributed by atoms with E-state index in [9.17, 15) is 0 Å². The van der Waals surface area contributed by atoms with Crippen molar-refractivity contribution in [2.75, 3.05) is 6.54 Å². The molecule has 140 valence electrons. The first-order valence-electron chi connectivity index (χ1n) is 9.20. The summed E-state index contributed by atoms with van der Waals surface area (Å²) in [5.41, 5.74) is 3.75. The summed E-state index contributed by atoms with van der Waals surface area (Å²) < 4.78 is 6.03. The van der Waals surface area contributed by atoms with Gasteiger partial charge in [0.15, 0.2) is 0 Å². The summed E-state index contributed by atoms with van der Waals surface area (Å²) in [5.74, 6) is 1.03. The summed E-state index contributed by atoms with van der Waals surface area (Å²) in [4.78, 5) is 0. The van der Waals surface area contributed by atoms with Crippen LogP contribution in [-0.2, 0) is 13.0 Å². The van der Waals surface area contributed by atoms with Crippen LogP contribution in [0.3, 0.4) is 0 Å². The van der Waals surface area contributed by atoms with E-state index in [1.54, 1.807) is 0 Å². The lowest BCUT2D eigenvalue weighted by Crippen LogP contribution is -2.45. The van der Waals surface area contributed by atoms with Gasteiger partial charge in [0.25, 0.3) is 0 Å². The lowest BCUT2D eigenvalue weighted by molar-refractivity contribution is 0.250. The number of halogens is 2. The fourth-order valence-electron chi connectivity index (χ4n) is 4.06. The van der Waals surface area contributed by atoms with Crippen LogP contribution in [0.15, 0.2) is 42.5 Å². The summed E-state index contributed by atoms with van der Waals surface area (Å²) in [7, 11) is 0. The van der Waals surface area contributed by atoms with E-state index in [-0.39, 0.29) is 18.5 Å². The number of hydrogen-bond acceptors (Lipinski definition) is 3. The first-order valence-corrected chi connectivity index (χ1v) is 9.58. The molecule has 26 heavy (non-hydrogen) atoms. The van der Waals surface area contributed by atoms with Crippen molar-refractivity contribution in [2.24, 2.45) is 0 Å². The van der Waals surface area contributed by atoms with Crippen molar-refractivity contribution in [2.45, 2.75) is 50.9 Å². The Labute approximate surface area is 166 Å². The minimum atomic E-state index is 0. The SMILES string of the molecule is CC1Cc2cc(Cl)cc(CN[C@H]3CCCN[C@H]3c3ccccc3)c2O1.Cl. The van der Waals surface area contributed by atoms with Crippen molar-refractivity contribution in [3.63, 3.8) is 0 Å². The summed E-state index contributed by atoms with van der Waals surface area (Å²) in [6.07, 6.45) is 3.55. The van der Waals surface area contributed by atoms with Crippen molar-refractivity contribution in [3.8, 4) is 5.75 Å². The summed E-state index contributed by atoms with van der Waals surface area (Å²) in [5, 5.41) is 8.23. The first kappa shape index (κ1) is 19.5. The van der Waals surface area contributed by atoms with E-state index in [4.69, 9.17) is 16.3 Å². The summed E-state index contributed by atoms with van der Waals surface area (Å²) >= 11 is 6.33. The molecule has 0 aromatic heterocycles. The standard InChI is InChI=1S/C21H25ClN2O.ClH/c1-14-10-16-11-18(22)12-17(21(16)25-14)13-24-19-8-5-9-23-20(19)15-6-3-2-4-7-15;/h2-4,6-7,11-12,14,19-20,23-24H,5,8-10,13H2,1H3;1H/t14?,19-,20-;/m0./s1. The Morgan fingerprint density at radius 1 is 1.23 bits per heavy atom. The first-order chi connectivity index (χ1) is 12.2. The van der Waals surface area contributed by atoms with Gasteiger partial charge < -0.3 is 15.4 Å². The second kappa shape index (κ2) is 8.62. The molecule has 2 aromatic rings. The zero-order valence-electron chi connectivity index (χ0n) is 15.0. The fraction of sp³-hybridized carbons (Fsp3) is 0.429. The van der Waals surface area contributed by atoms with Crippen LogP contribution in [0.2, 0.25) is 5.02 Å². The van der Waals surface area contributed by atoms with E-state index in [0.717, 1.165) is 30.3 Å². The molecule has 1 unspecified atom stereocenters. The largest absolute Gasteiger partial charge is 0.490 e. The van der Waals surface area contributed by atoms with E-state index >= 15 is 0 Å². The van der Waals surface area contributed by atoms with Crippen LogP contribution in [0.1, 0.15) is 42.5 Å². The number of ether oxygens (including phenoxy) is 1. The van der Waals surface area contributed by atoms with Crippen LogP contribution in [0, 0.1) is 0 Å². The van der Waals surface area contributed by atoms with Gasteiger partial charge in [0, 0.05) is 35.6 Å². The van der Waals surface area contributed by atoms with Gasteiger partial charge in [0.05, 0.1) is 0 Å². The lowest BCUT2D eigenvalue weighted by atomic mass is 9.92. The molecule has 2 aliphatic rings. The summed E-state index contributed by atoms with van der Waals surface area (Å²) in [6.45, 7) is 3.97. The topological polar surface area (TPSA) is 33.3 Å². The van der Waals surface area contributed by atoms with Gasteiger partial charge >= 0.3 is 0 Å². The molecule has 0 aliphatic carbocycles. The molecule has 0 amide bonds. The van der Waals surface area contributed by atoms with Gasteiger partial charge in [-0.2, -0.15) is 0 Å². The minimum Gasteiger partial charge on any atom is -0.490 e. The zero-order valence-corrected chi connectivity index (χ0v) is 16.6. The van der Waals surface area contributed by atoms with Gasteiger partial charge in [-0.15, -0.1) is 12.4 Å². The van der Waals surface area contributed by atoms with Crippen LogP contribution < -0.4 is 15.4 Å². The molecule has 0 radical (unpaired) electrons. The molecule has 2 N–H and O–H groups in total. The molecule has 5 heteroatoms. The predicted octanol–water partition coefficient (Wildman–Crippen LogP) is 4.67. The van der Waals surface area contributed by atoms with Crippen molar-refractivity contribution in [1.29, 1.82) is 0 Å². The van der Waals surface area contributed by atoms with Crippen molar-refractivity contribution >= 4 is 24.0 Å². The smallest absolute Gasteiger partial charge is 0.127 e. The fourth-order valence-corrected chi connectivity index (χ4v) is 4.32. The minimum absolute atomic E-state index is 0. The predicted molar refractivity (Wildman–Crippen MR) is 110 cm³/mol. The van der Waals surface area contributed by atoms with Crippen molar-refractivity contribution < 1.29 is 4.74 Å². The second-order valence-corrected chi connectivity index (χ2v) is 7.59. The molecule has 2 heterocycles. The van der Waals surface area contributed by atoms with E-state index < -0.39 is 0 Å². The lowest BCUT2D eigenvalue weighted by Gasteiger charge is -2.34. The highest BCUT2D eigenvalue weighted by molar-refractivity contribution is 6.30. The Balaban J connectivity index is 0.00000196. The van der Waals surface area contributed by atoms with Crippen LogP contribution in [-0.4, -0.2) is 18.7 Å². The van der Waals surface area contributed by atoms with Crippen LogP contribution in [0.5, 0.6) is 5.75 Å². The number of piperidine rings is 1. The van der Waals surface area contributed by atoms with E-state index in [1.165, 1.54) is 29.5 Å². The molecular formula is C21H26Cl2N2O. The van der Waals surface area contributed by atoms with Crippen molar-refractivity contribution in [3.05, 3.63) is 64.2 Å². The zero-order chi connectivity index (χ0) is 17.2. The van der Waals surface area contributed by atoms with Crippen LogP contribution in [0.25, 0.3) is 0 Å². The highest BCUT2D eigenvalue weighted by atomic mass is 35.5. The molecule has 0 spiro atoms. The van der Waals surface area contributed by atoms with E-state index in [0.29, 0.717) is 12.1 Å². The molecule has 1 fully saturated rings. The molecule has 4 rings (SSSR count). The normalized spacial score (nSPS) is 24.5. The number of rotatable bonds is 4. The maximum absolute atomic E-state index is 6.33. The van der Waals surface area contributed by atoms with E-state index in [2.05, 4.69) is 47.9 Å². The Kier molecular flexibility index (Phi) is 6.46. The second-order valence-electron chi connectivity index (χ2n) is 7.16. The highest BCUT2D eigenvalue weighted by Gasteiger charge is 2.27. The monoisotopic (exact) mass is 392 g/mol. The molecule has 0 saturated carbocycles. The third-order valence-corrected chi connectivity index (χ3v) is 5.42. The Bertz CT molecular complexity index is 738. The number of hydrogen-bond donors (Lipinski definition) is 2. The van der Waals surface area contributed by atoms with Gasteiger partial charge in [-0.1, -0.05) is 41.9 Å². The molecule has 2 aliphatic heterocycles.